The van der Waals surface area contributed by atoms with Gasteiger partial charge in [-0.1, -0.05) is 12.8 Å². The summed E-state index contributed by atoms with van der Waals surface area (Å²) >= 11 is 0. The van der Waals surface area contributed by atoms with Gasteiger partial charge in [0, 0.05) is 6.54 Å². The highest BCUT2D eigenvalue weighted by molar-refractivity contribution is 5.78. The second kappa shape index (κ2) is 6.47. The Hall–Kier alpha value is -1.01. The van der Waals surface area contributed by atoms with Gasteiger partial charge in [-0.05, 0) is 31.7 Å². The van der Waals surface area contributed by atoms with Gasteiger partial charge in [0.1, 0.15) is 0 Å². The Labute approximate surface area is 92.2 Å². The van der Waals surface area contributed by atoms with Gasteiger partial charge in [-0.25, -0.2) is 0 Å². The zero-order valence-electron chi connectivity index (χ0n) is 9.46. The number of rotatable bonds is 7. The molecule has 0 spiro atoms. The Bertz CT molecular complexity index is 240. The minimum Gasteiger partial charge on any atom is -0.330 e. The molecule has 0 aromatic carbocycles. The number of nitrogens with zero attached hydrogens (tertiary/aromatic N) is 1. The van der Waals surface area contributed by atoms with Crippen LogP contribution in [0, 0.1) is 18.3 Å². The number of carbonyl (C=O) groups excluding carboxylic acids is 1. The number of carbonyl (C=O) groups is 1. The van der Waals surface area contributed by atoms with Crippen LogP contribution in [0.5, 0.6) is 0 Å². The molecule has 0 unspecified atom stereocenters. The van der Waals surface area contributed by atoms with Crippen LogP contribution in [0.25, 0.3) is 0 Å². The lowest BCUT2D eigenvalue weighted by atomic mass is 10.3. The van der Waals surface area contributed by atoms with Gasteiger partial charge in [0.15, 0.2) is 0 Å². The average Bonchev–Trinajstić information content (AvgIpc) is 3.01. The molecule has 0 aromatic heterocycles. The molecule has 0 heterocycles. The molecule has 15 heavy (non-hydrogen) atoms. The number of terminal acetylenes is 1. The quantitative estimate of drug-likeness (QED) is 0.629. The molecule has 0 radical (unpaired) electrons. The maximum Gasteiger partial charge on any atom is 0.237 e. The van der Waals surface area contributed by atoms with E-state index < -0.39 is 0 Å². The summed E-state index contributed by atoms with van der Waals surface area (Å²) in [5, 5.41) is 3.18. The van der Waals surface area contributed by atoms with Crippen molar-refractivity contribution >= 4 is 5.91 Å². The number of hydrogen-bond donors (Lipinski definition) is 1. The lowest BCUT2D eigenvalue weighted by Crippen LogP contribution is -2.39. The molecule has 1 aliphatic rings. The van der Waals surface area contributed by atoms with Gasteiger partial charge in [-0.2, -0.15) is 0 Å². The largest absolute Gasteiger partial charge is 0.330 e. The zero-order chi connectivity index (χ0) is 11.1. The normalized spacial score (nSPS) is 14.7. The summed E-state index contributed by atoms with van der Waals surface area (Å²) in [6.07, 6.45) is 8.79. The fourth-order valence-electron chi connectivity index (χ4n) is 1.49. The Morgan fingerprint density at radius 2 is 2.33 bits per heavy atom. The van der Waals surface area contributed by atoms with Crippen molar-refractivity contribution in [3.8, 4) is 12.3 Å². The summed E-state index contributed by atoms with van der Waals surface area (Å²) in [7, 11) is 0. The first-order chi connectivity index (χ1) is 7.27. The van der Waals surface area contributed by atoms with E-state index >= 15 is 0 Å². The molecule has 1 N–H and O–H groups in total. The summed E-state index contributed by atoms with van der Waals surface area (Å²) in [4.78, 5) is 13.4. The summed E-state index contributed by atoms with van der Waals surface area (Å²) in [5.74, 6) is 3.45. The highest BCUT2D eigenvalue weighted by Crippen LogP contribution is 2.27. The molecule has 0 saturated heterocycles. The van der Waals surface area contributed by atoms with Crippen LogP contribution in [0.1, 0.15) is 26.2 Å². The molecule has 1 saturated carbocycles. The molecule has 3 nitrogen and oxygen atoms in total. The summed E-state index contributed by atoms with van der Waals surface area (Å²) in [6, 6.07) is 0. The fourth-order valence-corrected chi connectivity index (χ4v) is 1.49. The van der Waals surface area contributed by atoms with E-state index in [2.05, 4.69) is 18.2 Å². The summed E-state index contributed by atoms with van der Waals surface area (Å²) < 4.78 is 0. The molecule has 1 amide bonds. The molecule has 0 bridgehead atoms. The second-order valence-corrected chi connectivity index (χ2v) is 4.09. The maximum atomic E-state index is 11.7. The van der Waals surface area contributed by atoms with Gasteiger partial charge in [0.25, 0.3) is 0 Å². The minimum absolute atomic E-state index is 0.121. The molecular formula is C12H20N2O. The van der Waals surface area contributed by atoms with Crippen molar-refractivity contribution in [2.75, 3.05) is 26.2 Å². The van der Waals surface area contributed by atoms with Crippen molar-refractivity contribution in [1.82, 2.24) is 10.2 Å². The number of amides is 1. The molecule has 0 aliphatic heterocycles. The lowest BCUT2D eigenvalue weighted by molar-refractivity contribution is -0.129. The first kappa shape index (κ1) is 12.1. The molecular weight excluding hydrogens is 188 g/mol. The van der Waals surface area contributed by atoms with E-state index in [1.54, 1.807) is 4.90 Å². The number of hydrogen-bond acceptors (Lipinski definition) is 2. The Morgan fingerprint density at radius 1 is 1.60 bits per heavy atom. The van der Waals surface area contributed by atoms with E-state index in [1.807, 2.05) is 0 Å². The van der Waals surface area contributed by atoms with E-state index in [4.69, 9.17) is 6.42 Å². The molecule has 1 rings (SSSR count). The van der Waals surface area contributed by atoms with E-state index in [9.17, 15) is 4.79 Å². The average molecular weight is 208 g/mol. The van der Waals surface area contributed by atoms with Gasteiger partial charge in [0.05, 0.1) is 13.1 Å². The van der Waals surface area contributed by atoms with Crippen LogP contribution in [0.15, 0.2) is 0 Å². The topological polar surface area (TPSA) is 32.3 Å². The monoisotopic (exact) mass is 208 g/mol. The molecule has 1 fully saturated rings. The maximum absolute atomic E-state index is 11.7. The van der Waals surface area contributed by atoms with Gasteiger partial charge in [0.2, 0.25) is 5.91 Å². The van der Waals surface area contributed by atoms with Crippen LogP contribution >= 0.6 is 0 Å². The van der Waals surface area contributed by atoms with E-state index in [0.717, 1.165) is 25.4 Å². The van der Waals surface area contributed by atoms with Gasteiger partial charge >= 0.3 is 0 Å². The standard InChI is InChI=1S/C12H20N2O/c1-3-7-14(8-4-2)12(15)10-13-9-11-5-6-11/h1,11,13H,4-10H2,2H3. The molecule has 0 atom stereocenters. The SMILES string of the molecule is C#CCN(CCC)C(=O)CNCC1CC1. The molecule has 84 valence electrons. The van der Waals surface area contributed by atoms with Crippen molar-refractivity contribution in [1.29, 1.82) is 0 Å². The Kier molecular flexibility index (Phi) is 5.20. The van der Waals surface area contributed by atoms with Crippen LogP contribution in [-0.2, 0) is 4.79 Å². The first-order valence-electron chi connectivity index (χ1n) is 5.69. The second-order valence-electron chi connectivity index (χ2n) is 4.09. The zero-order valence-corrected chi connectivity index (χ0v) is 9.46. The van der Waals surface area contributed by atoms with Crippen molar-refractivity contribution in [2.24, 2.45) is 5.92 Å². The van der Waals surface area contributed by atoms with E-state index in [1.165, 1.54) is 12.8 Å². The minimum atomic E-state index is 0.121. The Morgan fingerprint density at radius 3 is 2.87 bits per heavy atom. The van der Waals surface area contributed by atoms with Crippen molar-refractivity contribution in [3.05, 3.63) is 0 Å². The van der Waals surface area contributed by atoms with Crippen molar-refractivity contribution in [2.45, 2.75) is 26.2 Å². The van der Waals surface area contributed by atoms with Crippen LogP contribution < -0.4 is 5.32 Å². The van der Waals surface area contributed by atoms with Crippen LogP contribution in [0.2, 0.25) is 0 Å². The fraction of sp³-hybridized carbons (Fsp3) is 0.750. The highest BCUT2D eigenvalue weighted by atomic mass is 16.2. The summed E-state index contributed by atoms with van der Waals surface area (Å²) in [6.45, 7) is 4.64. The molecule has 3 heteroatoms. The number of nitrogens with one attached hydrogen (secondary N) is 1. The van der Waals surface area contributed by atoms with Gasteiger partial charge < -0.3 is 10.2 Å². The molecule has 1 aliphatic carbocycles. The van der Waals surface area contributed by atoms with Gasteiger partial charge in [-0.3, -0.25) is 4.79 Å². The summed E-state index contributed by atoms with van der Waals surface area (Å²) in [5.41, 5.74) is 0. The first-order valence-corrected chi connectivity index (χ1v) is 5.69. The van der Waals surface area contributed by atoms with Crippen LogP contribution in [0.4, 0.5) is 0 Å². The van der Waals surface area contributed by atoms with Crippen LogP contribution in [-0.4, -0.2) is 37.0 Å². The van der Waals surface area contributed by atoms with Crippen molar-refractivity contribution < 1.29 is 4.79 Å². The third-order valence-corrected chi connectivity index (χ3v) is 2.53. The van der Waals surface area contributed by atoms with Crippen molar-refractivity contribution in [3.63, 3.8) is 0 Å². The molecule has 0 aromatic rings. The predicted octanol–water partition coefficient (Wildman–Crippen LogP) is 0.858. The Balaban J connectivity index is 2.17. The van der Waals surface area contributed by atoms with E-state index in [-0.39, 0.29) is 5.91 Å². The van der Waals surface area contributed by atoms with Crippen LogP contribution in [0.3, 0.4) is 0 Å². The highest BCUT2D eigenvalue weighted by Gasteiger charge is 2.21. The lowest BCUT2D eigenvalue weighted by Gasteiger charge is -2.19. The third-order valence-electron chi connectivity index (χ3n) is 2.53. The van der Waals surface area contributed by atoms with E-state index in [0.29, 0.717) is 13.1 Å². The predicted molar refractivity (Wildman–Crippen MR) is 61.3 cm³/mol. The third kappa shape index (κ3) is 4.85. The smallest absolute Gasteiger partial charge is 0.237 e. The van der Waals surface area contributed by atoms with Gasteiger partial charge in [-0.15, -0.1) is 6.42 Å².